The third-order valence-electron chi connectivity index (χ3n) is 2.71. The zero-order chi connectivity index (χ0) is 7.19. The number of carbonyl (C=O) groups is 1. The molecule has 2 aliphatic rings. The van der Waals surface area contributed by atoms with Gasteiger partial charge in [0, 0.05) is 0 Å². The van der Waals surface area contributed by atoms with Gasteiger partial charge in [-0.3, -0.25) is 4.79 Å². The normalized spacial score (nSPS) is 44.2. The molecule has 1 saturated heterocycles. The van der Waals surface area contributed by atoms with Gasteiger partial charge in [0.2, 0.25) is 5.91 Å². The van der Waals surface area contributed by atoms with Crippen LogP contribution in [0.3, 0.4) is 0 Å². The molecule has 3 heteroatoms. The lowest BCUT2D eigenvalue weighted by molar-refractivity contribution is -0.121. The molecule has 3 N–H and O–H groups in total. The topological polar surface area (TPSA) is 55.1 Å². The molecule has 0 spiro atoms. The van der Waals surface area contributed by atoms with Gasteiger partial charge in [-0.25, -0.2) is 0 Å². The van der Waals surface area contributed by atoms with E-state index in [0.29, 0.717) is 5.92 Å². The SMILES string of the molecule is NC(=O)[C@]12C[C@H]1CCCN2. The molecule has 2 fully saturated rings. The Kier molecular flexibility index (Phi) is 1.06. The molecule has 0 unspecified atom stereocenters. The van der Waals surface area contributed by atoms with Crippen molar-refractivity contribution in [3.8, 4) is 0 Å². The molecule has 2 atom stereocenters. The van der Waals surface area contributed by atoms with Crippen molar-refractivity contribution in [2.24, 2.45) is 11.7 Å². The van der Waals surface area contributed by atoms with Gasteiger partial charge in [0.15, 0.2) is 0 Å². The fraction of sp³-hybridized carbons (Fsp3) is 0.857. The van der Waals surface area contributed by atoms with Crippen molar-refractivity contribution >= 4 is 5.91 Å². The van der Waals surface area contributed by atoms with Crippen molar-refractivity contribution in [1.82, 2.24) is 5.32 Å². The molecule has 0 aromatic carbocycles. The zero-order valence-electron chi connectivity index (χ0n) is 5.89. The summed E-state index contributed by atoms with van der Waals surface area (Å²) in [6.07, 6.45) is 3.35. The fourth-order valence-electron chi connectivity index (χ4n) is 1.94. The van der Waals surface area contributed by atoms with Crippen molar-refractivity contribution in [3.05, 3.63) is 0 Å². The molecule has 0 bridgehead atoms. The second-order valence-electron chi connectivity index (χ2n) is 3.31. The number of rotatable bonds is 1. The van der Waals surface area contributed by atoms with Crippen LogP contribution in [0, 0.1) is 5.92 Å². The standard InChI is InChI=1S/C7H12N2O/c8-6(10)7-4-5(7)2-1-3-9-7/h5,9H,1-4H2,(H2,8,10)/t5-,7+/m1/s1. The van der Waals surface area contributed by atoms with Gasteiger partial charge in [0.1, 0.15) is 5.54 Å². The molecular formula is C7H12N2O. The Labute approximate surface area is 60.0 Å². The van der Waals surface area contributed by atoms with E-state index in [1.807, 2.05) is 0 Å². The minimum absolute atomic E-state index is 0.155. The van der Waals surface area contributed by atoms with Crippen LogP contribution in [0.1, 0.15) is 19.3 Å². The van der Waals surface area contributed by atoms with E-state index in [1.54, 1.807) is 0 Å². The minimum Gasteiger partial charge on any atom is -0.368 e. The number of primary amides is 1. The van der Waals surface area contributed by atoms with Crippen molar-refractivity contribution in [2.75, 3.05) is 6.54 Å². The molecule has 0 aromatic heterocycles. The van der Waals surface area contributed by atoms with Crippen LogP contribution in [0.4, 0.5) is 0 Å². The van der Waals surface area contributed by atoms with Crippen molar-refractivity contribution in [1.29, 1.82) is 0 Å². The molecule has 2 rings (SSSR count). The quantitative estimate of drug-likeness (QED) is 0.521. The molecule has 1 saturated carbocycles. The number of hydrogen-bond donors (Lipinski definition) is 2. The van der Waals surface area contributed by atoms with Gasteiger partial charge in [-0.15, -0.1) is 0 Å². The van der Waals surface area contributed by atoms with E-state index < -0.39 is 0 Å². The highest BCUT2D eigenvalue weighted by molar-refractivity contribution is 5.88. The summed E-state index contributed by atoms with van der Waals surface area (Å²) in [5, 5.41) is 3.19. The Morgan fingerprint density at radius 3 is 3.00 bits per heavy atom. The molecule has 56 valence electrons. The Bertz CT molecular complexity index is 180. The molecule has 0 radical (unpaired) electrons. The average Bonchev–Trinajstić information content (AvgIpc) is 2.61. The first-order valence-electron chi connectivity index (χ1n) is 3.81. The first-order valence-corrected chi connectivity index (χ1v) is 3.81. The van der Waals surface area contributed by atoms with Gasteiger partial charge >= 0.3 is 0 Å². The number of amides is 1. The summed E-state index contributed by atoms with van der Waals surface area (Å²) in [5.41, 5.74) is 4.98. The van der Waals surface area contributed by atoms with Gasteiger partial charge in [-0.05, 0) is 31.7 Å². The summed E-state index contributed by atoms with van der Waals surface area (Å²) in [6, 6.07) is 0. The number of nitrogens with one attached hydrogen (secondary N) is 1. The summed E-state index contributed by atoms with van der Waals surface area (Å²) >= 11 is 0. The predicted octanol–water partition coefficient (Wildman–Crippen LogP) is -0.386. The van der Waals surface area contributed by atoms with Crippen LogP contribution in [0.2, 0.25) is 0 Å². The molecule has 1 aliphatic heterocycles. The summed E-state index contributed by atoms with van der Waals surface area (Å²) < 4.78 is 0. The second kappa shape index (κ2) is 1.72. The number of nitrogens with two attached hydrogens (primary N) is 1. The van der Waals surface area contributed by atoms with Crippen molar-refractivity contribution in [2.45, 2.75) is 24.8 Å². The van der Waals surface area contributed by atoms with Gasteiger partial charge in [-0.2, -0.15) is 0 Å². The Hall–Kier alpha value is -0.570. The van der Waals surface area contributed by atoms with Crippen LogP contribution >= 0.6 is 0 Å². The molecular weight excluding hydrogens is 128 g/mol. The fourth-order valence-corrected chi connectivity index (χ4v) is 1.94. The van der Waals surface area contributed by atoms with E-state index >= 15 is 0 Å². The number of fused-ring (bicyclic) bond motifs is 1. The van der Waals surface area contributed by atoms with E-state index in [4.69, 9.17) is 5.73 Å². The van der Waals surface area contributed by atoms with E-state index in [9.17, 15) is 4.79 Å². The predicted molar refractivity (Wildman–Crippen MR) is 37.3 cm³/mol. The monoisotopic (exact) mass is 140 g/mol. The highest BCUT2D eigenvalue weighted by atomic mass is 16.1. The van der Waals surface area contributed by atoms with Gasteiger partial charge in [0.05, 0.1) is 0 Å². The molecule has 0 aromatic rings. The van der Waals surface area contributed by atoms with Crippen LogP contribution in [0.25, 0.3) is 0 Å². The lowest BCUT2D eigenvalue weighted by Crippen LogP contribution is -2.47. The highest BCUT2D eigenvalue weighted by Crippen LogP contribution is 2.48. The lowest BCUT2D eigenvalue weighted by atomic mass is 10.1. The van der Waals surface area contributed by atoms with Gasteiger partial charge in [0.25, 0.3) is 0 Å². The maximum atomic E-state index is 10.9. The van der Waals surface area contributed by atoms with E-state index in [1.165, 1.54) is 12.8 Å². The van der Waals surface area contributed by atoms with Crippen molar-refractivity contribution in [3.63, 3.8) is 0 Å². The molecule has 1 heterocycles. The van der Waals surface area contributed by atoms with Gasteiger partial charge in [-0.1, -0.05) is 0 Å². The zero-order valence-corrected chi connectivity index (χ0v) is 5.89. The number of piperidine rings is 1. The maximum absolute atomic E-state index is 10.9. The van der Waals surface area contributed by atoms with Crippen LogP contribution in [0.5, 0.6) is 0 Å². The number of carbonyl (C=O) groups excluding carboxylic acids is 1. The smallest absolute Gasteiger partial charge is 0.238 e. The Morgan fingerprint density at radius 2 is 2.50 bits per heavy atom. The van der Waals surface area contributed by atoms with Crippen LogP contribution < -0.4 is 11.1 Å². The minimum atomic E-state index is -0.266. The number of hydrogen-bond acceptors (Lipinski definition) is 2. The average molecular weight is 140 g/mol. The highest BCUT2D eigenvalue weighted by Gasteiger charge is 2.59. The molecule has 1 aliphatic carbocycles. The first kappa shape index (κ1) is 6.16. The summed E-state index contributed by atoms with van der Waals surface area (Å²) in [4.78, 5) is 10.9. The largest absolute Gasteiger partial charge is 0.368 e. The van der Waals surface area contributed by atoms with Crippen LogP contribution in [0.15, 0.2) is 0 Å². The summed E-state index contributed by atoms with van der Waals surface area (Å²) in [6.45, 7) is 0.958. The molecule has 10 heavy (non-hydrogen) atoms. The lowest BCUT2D eigenvalue weighted by Gasteiger charge is -2.19. The summed E-state index contributed by atoms with van der Waals surface area (Å²) in [5.74, 6) is 0.399. The maximum Gasteiger partial charge on any atom is 0.238 e. The van der Waals surface area contributed by atoms with E-state index in [-0.39, 0.29) is 11.4 Å². The summed E-state index contributed by atoms with van der Waals surface area (Å²) in [7, 11) is 0. The molecule has 3 nitrogen and oxygen atoms in total. The third-order valence-corrected chi connectivity index (χ3v) is 2.71. The first-order chi connectivity index (χ1) is 4.76. The second-order valence-corrected chi connectivity index (χ2v) is 3.31. The molecule has 1 amide bonds. The Morgan fingerprint density at radius 1 is 1.70 bits per heavy atom. The van der Waals surface area contributed by atoms with Crippen LogP contribution in [-0.2, 0) is 4.79 Å². The Balaban J connectivity index is 2.12. The van der Waals surface area contributed by atoms with Gasteiger partial charge < -0.3 is 11.1 Å². The van der Waals surface area contributed by atoms with E-state index in [0.717, 1.165) is 13.0 Å². The van der Waals surface area contributed by atoms with E-state index in [2.05, 4.69) is 5.32 Å². The van der Waals surface area contributed by atoms with Crippen LogP contribution in [-0.4, -0.2) is 18.0 Å². The third kappa shape index (κ3) is 0.611. The van der Waals surface area contributed by atoms with Crippen molar-refractivity contribution < 1.29 is 4.79 Å².